The number of nitrogens with zero attached hydrogens (tertiary/aromatic N) is 2. The average Bonchev–Trinajstić information content (AvgIpc) is 3.05. The highest BCUT2D eigenvalue weighted by Gasteiger charge is 2.12. The molecule has 2 aromatic carbocycles. The van der Waals surface area contributed by atoms with Gasteiger partial charge in [-0.2, -0.15) is 5.10 Å². The molecule has 0 aliphatic rings. The van der Waals surface area contributed by atoms with Crippen molar-refractivity contribution in [2.45, 2.75) is 6.61 Å². The van der Waals surface area contributed by atoms with Gasteiger partial charge in [-0.25, -0.2) is 0 Å². The second-order valence-corrected chi connectivity index (χ2v) is 7.30. The summed E-state index contributed by atoms with van der Waals surface area (Å²) >= 11 is 18.2. The fourth-order valence-corrected chi connectivity index (χ4v) is 3.26. The van der Waals surface area contributed by atoms with Crippen LogP contribution in [0.3, 0.4) is 0 Å². The number of ketones is 1. The van der Waals surface area contributed by atoms with Crippen molar-refractivity contribution in [3.8, 4) is 11.5 Å². The lowest BCUT2D eigenvalue weighted by molar-refractivity contribution is 0.104. The Morgan fingerprint density at radius 1 is 1.14 bits per heavy atom. The van der Waals surface area contributed by atoms with Crippen LogP contribution in [0.5, 0.6) is 11.5 Å². The van der Waals surface area contributed by atoms with Crippen molar-refractivity contribution in [2.75, 3.05) is 7.11 Å². The normalized spacial score (nSPS) is 11.1. The summed E-state index contributed by atoms with van der Waals surface area (Å²) in [4.78, 5) is 12.3. The van der Waals surface area contributed by atoms with Gasteiger partial charge in [0.15, 0.2) is 5.69 Å². The fourth-order valence-electron chi connectivity index (χ4n) is 2.64. The van der Waals surface area contributed by atoms with E-state index < -0.39 is 0 Å². The number of allylic oxidation sites excluding steroid dienone is 1. The predicted octanol–water partition coefficient (Wildman–Crippen LogP) is 5.86. The molecule has 0 radical (unpaired) electrons. The summed E-state index contributed by atoms with van der Waals surface area (Å²) in [6.07, 6.45) is 4.68. The van der Waals surface area contributed by atoms with Crippen LogP contribution < -0.4 is 9.47 Å². The summed E-state index contributed by atoms with van der Waals surface area (Å²) < 4.78 is 12.7. The average molecular weight is 452 g/mol. The number of benzene rings is 2. The van der Waals surface area contributed by atoms with Gasteiger partial charge in [-0.1, -0.05) is 53.0 Å². The molecule has 29 heavy (non-hydrogen) atoms. The number of carbonyl (C=O) groups is 1. The fraction of sp³-hybridized carbons (Fsp3) is 0.143. The van der Waals surface area contributed by atoms with E-state index in [1.54, 1.807) is 50.7 Å². The number of rotatable bonds is 7. The molecule has 0 aliphatic heterocycles. The van der Waals surface area contributed by atoms with Crippen molar-refractivity contribution in [1.29, 1.82) is 0 Å². The third-order valence-corrected chi connectivity index (χ3v) is 5.13. The van der Waals surface area contributed by atoms with Gasteiger partial charge in [-0.15, -0.1) is 0 Å². The molecular weight excluding hydrogens is 435 g/mol. The first-order chi connectivity index (χ1) is 13.9. The maximum Gasteiger partial charge on any atom is 0.207 e. The van der Waals surface area contributed by atoms with Gasteiger partial charge < -0.3 is 9.47 Å². The molecule has 3 rings (SSSR count). The second kappa shape index (κ2) is 9.35. The Labute approximate surface area is 183 Å². The van der Waals surface area contributed by atoms with Crippen molar-refractivity contribution in [3.63, 3.8) is 0 Å². The van der Waals surface area contributed by atoms with Crippen LogP contribution in [0.25, 0.3) is 6.08 Å². The zero-order chi connectivity index (χ0) is 21.0. The number of aromatic nitrogens is 2. The molecule has 1 aromatic heterocycles. The number of methoxy groups -OCH3 is 1. The van der Waals surface area contributed by atoms with Crippen molar-refractivity contribution in [1.82, 2.24) is 9.78 Å². The van der Waals surface area contributed by atoms with E-state index in [0.29, 0.717) is 26.6 Å². The van der Waals surface area contributed by atoms with E-state index in [0.717, 1.165) is 11.1 Å². The van der Waals surface area contributed by atoms with Crippen molar-refractivity contribution >= 4 is 46.7 Å². The highest BCUT2D eigenvalue weighted by atomic mass is 35.5. The van der Waals surface area contributed by atoms with Gasteiger partial charge in [-0.3, -0.25) is 9.48 Å². The van der Waals surface area contributed by atoms with Gasteiger partial charge in [0.1, 0.15) is 23.1 Å². The molecule has 1 heterocycles. The van der Waals surface area contributed by atoms with Crippen LogP contribution in [0.1, 0.15) is 21.6 Å². The molecule has 0 amide bonds. The predicted molar refractivity (Wildman–Crippen MR) is 115 cm³/mol. The monoisotopic (exact) mass is 450 g/mol. The zero-order valence-electron chi connectivity index (χ0n) is 15.7. The van der Waals surface area contributed by atoms with Crippen molar-refractivity contribution in [3.05, 3.63) is 80.6 Å². The van der Waals surface area contributed by atoms with E-state index in [1.807, 2.05) is 12.1 Å². The Balaban J connectivity index is 1.78. The Bertz CT molecular complexity index is 1080. The van der Waals surface area contributed by atoms with E-state index in [9.17, 15) is 4.79 Å². The minimum atomic E-state index is -0.282. The highest BCUT2D eigenvalue weighted by molar-refractivity contribution is 6.42. The summed E-state index contributed by atoms with van der Waals surface area (Å²) in [6.45, 7) is 0.213. The maximum absolute atomic E-state index is 12.3. The van der Waals surface area contributed by atoms with Gasteiger partial charge in [0, 0.05) is 18.8 Å². The summed E-state index contributed by atoms with van der Waals surface area (Å²) in [6, 6.07) is 10.7. The lowest BCUT2D eigenvalue weighted by Crippen LogP contribution is -2.00. The first-order valence-electron chi connectivity index (χ1n) is 8.54. The number of halogens is 3. The first kappa shape index (κ1) is 21.2. The SMILES string of the molecule is COc1ccc(/C=C/C(=O)c2nn(C)cc2Cl)cc1COc1cccc(Cl)c1Cl. The van der Waals surface area contributed by atoms with E-state index in [1.165, 1.54) is 10.8 Å². The lowest BCUT2D eigenvalue weighted by Gasteiger charge is -2.12. The molecule has 0 saturated carbocycles. The third kappa shape index (κ3) is 5.12. The van der Waals surface area contributed by atoms with Crippen molar-refractivity contribution < 1.29 is 14.3 Å². The summed E-state index contributed by atoms with van der Waals surface area (Å²) in [5.74, 6) is 0.844. The molecule has 0 bridgehead atoms. The van der Waals surface area contributed by atoms with Crippen LogP contribution in [0.15, 0.2) is 48.7 Å². The molecule has 0 spiro atoms. The molecule has 0 unspecified atom stereocenters. The Kier molecular flexibility index (Phi) is 6.85. The van der Waals surface area contributed by atoms with Gasteiger partial charge in [0.05, 0.1) is 17.2 Å². The molecule has 150 valence electrons. The van der Waals surface area contributed by atoms with Crippen LogP contribution in [-0.4, -0.2) is 22.7 Å². The van der Waals surface area contributed by atoms with E-state index in [-0.39, 0.29) is 18.1 Å². The van der Waals surface area contributed by atoms with Gasteiger partial charge >= 0.3 is 0 Å². The van der Waals surface area contributed by atoms with Gasteiger partial charge in [0.25, 0.3) is 0 Å². The van der Waals surface area contributed by atoms with E-state index >= 15 is 0 Å². The van der Waals surface area contributed by atoms with Crippen LogP contribution in [0.2, 0.25) is 15.1 Å². The molecule has 0 saturated heterocycles. The number of hydrogen-bond donors (Lipinski definition) is 0. The topological polar surface area (TPSA) is 53.3 Å². The number of hydrogen-bond acceptors (Lipinski definition) is 4. The van der Waals surface area contributed by atoms with Crippen LogP contribution >= 0.6 is 34.8 Å². The largest absolute Gasteiger partial charge is 0.496 e. The molecule has 3 aromatic rings. The Hall–Kier alpha value is -2.47. The van der Waals surface area contributed by atoms with Crippen LogP contribution in [0, 0.1) is 0 Å². The number of carbonyl (C=O) groups excluding carboxylic acids is 1. The maximum atomic E-state index is 12.3. The van der Waals surface area contributed by atoms with E-state index in [4.69, 9.17) is 44.3 Å². The molecule has 0 atom stereocenters. The Morgan fingerprint density at radius 3 is 2.62 bits per heavy atom. The Morgan fingerprint density at radius 2 is 1.93 bits per heavy atom. The van der Waals surface area contributed by atoms with Gasteiger partial charge in [0.2, 0.25) is 5.78 Å². The minimum absolute atomic E-state index is 0.207. The molecule has 0 N–H and O–H groups in total. The molecule has 0 fully saturated rings. The zero-order valence-corrected chi connectivity index (χ0v) is 17.9. The standard InChI is InChI=1S/C21H17Cl3N2O3/c1-26-11-16(23)21(25-26)17(27)8-6-13-7-9-18(28-2)14(10-13)12-29-19-5-3-4-15(22)20(19)24/h3-11H,12H2,1-2H3/b8-6+. The van der Waals surface area contributed by atoms with E-state index in [2.05, 4.69) is 5.10 Å². The second-order valence-electron chi connectivity index (χ2n) is 6.11. The summed E-state index contributed by atoms with van der Waals surface area (Å²) in [7, 11) is 3.28. The van der Waals surface area contributed by atoms with Crippen LogP contribution in [0.4, 0.5) is 0 Å². The first-order valence-corrected chi connectivity index (χ1v) is 9.67. The number of aryl methyl sites for hydroxylation is 1. The third-order valence-electron chi connectivity index (χ3n) is 4.05. The quantitative estimate of drug-likeness (QED) is 0.333. The van der Waals surface area contributed by atoms with Crippen LogP contribution in [-0.2, 0) is 13.7 Å². The van der Waals surface area contributed by atoms with Crippen molar-refractivity contribution in [2.24, 2.45) is 7.05 Å². The number of ether oxygens (including phenoxy) is 2. The smallest absolute Gasteiger partial charge is 0.207 e. The molecule has 8 heteroatoms. The molecule has 0 aliphatic carbocycles. The minimum Gasteiger partial charge on any atom is -0.496 e. The highest BCUT2D eigenvalue weighted by Crippen LogP contribution is 2.32. The molecular formula is C21H17Cl3N2O3. The van der Waals surface area contributed by atoms with Gasteiger partial charge in [-0.05, 0) is 35.9 Å². The molecule has 5 nitrogen and oxygen atoms in total. The summed E-state index contributed by atoms with van der Waals surface area (Å²) in [5, 5.41) is 5.14. The summed E-state index contributed by atoms with van der Waals surface area (Å²) in [5.41, 5.74) is 1.79. The lowest BCUT2D eigenvalue weighted by atomic mass is 10.1.